The largest absolute Gasteiger partial charge is 0.487 e. The number of carbonyl (C=O) groups is 2. The topological polar surface area (TPSA) is 87.7 Å². The van der Waals surface area contributed by atoms with E-state index in [-0.39, 0.29) is 19.8 Å². The minimum absolute atomic E-state index is 0. The van der Waals surface area contributed by atoms with E-state index in [0.717, 1.165) is 22.7 Å². The quantitative estimate of drug-likeness (QED) is 0.558. The Kier molecular flexibility index (Phi) is 9.59. The van der Waals surface area contributed by atoms with Crippen molar-refractivity contribution in [2.24, 2.45) is 0 Å². The van der Waals surface area contributed by atoms with E-state index >= 15 is 0 Å². The third kappa shape index (κ3) is 7.53. The molecule has 1 N–H and O–H groups in total. The number of rotatable bonds is 7. The molecule has 35 heavy (non-hydrogen) atoms. The molecular formula is C27H35N5O3. The first-order chi connectivity index (χ1) is 17.1. The minimum atomic E-state index is -0.294. The number of aryl methyl sites for hydroxylation is 1. The molecule has 0 atom stereocenters. The number of nitrogens with one attached hydrogen (secondary N) is 1. The molecule has 0 radical (unpaired) electrons. The Morgan fingerprint density at radius 3 is 2.40 bits per heavy atom. The zero-order chi connectivity index (χ0) is 25.0. The van der Waals surface area contributed by atoms with Gasteiger partial charge in [0.1, 0.15) is 18.2 Å². The predicted molar refractivity (Wildman–Crippen MR) is 139 cm³/mol. The first kappa shape index (κ1) is 25.7. The number of piperazine rings is 1. The number of benzene rings is 1. The molecule has 1 aliphatic rings. The molecule has 8 heteroatoms. The van der Waals surface area contributed by atoms with Gasteiger partial charge in [-0.25, -0.2) is 4.98 Å². The van der Waals surface area contributed by atoms with Crippen LogP contribution in [-0.2, 0) is 11.4 Å². The van der Waals surface area contributed by atoms with Gasteiger partial charge in [0.05, 0.1) is 18.3 Å². The van der Waals surface area contributed by atoms with Crippen LogP contribution >= 0.6 is 0 Å². The third-order valence-corrected chi connectivity index (χ3v) is 5.46. The van der Waals surface area contributed by atoms with E-state index in [4.69, 9.17) is 4.74 Å². The predicted octanol–water partition coefficient (Wildman–Crippen LogP) is 3.71. The number of carbonyl (C=O) groups excluding carboxylic acids is 2. The summed E-state index contributed by atoms with van der Waals surface area (Å²) in [5.41, 5.74) is 2.46. The number of nitrogens with zero attached hydrogens (tertiary/aromatic N) is 4. The molecule has 1 saturated heterocycles. The number of hydrogen-bond acceptors (Lipinski definition) is 6. The van der Waals surface area contributed by atoms with Gasteiger partial charge >= 0.3 is 0 Å². The van der Waals surface area contributed by atoms with Gasteiger partial charge in [0.2, 0.25) is 5.91 Å². The molecule has 0 unspecified atom stereocenters. The fraction of sp³-hybridized carbons (Fsp3) is 0.333. The molecule has 0 bridgehead atoms. The Hall–Kier alpha value is -3.94. The maximum atomic E-state index is 12.5. The van der Waals surface area contributed by atoms with Crippen LogP contribution in [0.5, 0.6) is 5.75 Å². The summed E-state index contributed by atoms with van der Waals surface area (Å²) in [5, 5.41) is 2.69. The Morgan fingerprint density at radius 1 is 1.00 bits per heavy atom. The second-order valence-electron chi connectivity index (χ2n) is 7.93. The van der Waals surface area contributed by atoms with Gasteiger partial charge in [-0.1, -0.05) is 44.2 Å². The van der Waals surface area contributed by atoms with Gasteiger partial charge in [0, 0.05) is 40.0 Å². The highest BCUT2D eigenvalue weighted by Gasteiger charge is 2.22. The van der Waals surface area contributed by atoms with Gasteiger partial charge < -0.3 is 19.9 Å². The lowest BCUT2D eigenvalue weighted by Crippen LogP contribution is -2.51. The van der Waals surface area contributed by atoms with Crippen LogP contribution in [0.15, 0.2) is 67.1 Å². The van der Waals surface area contributed by atoms with Crippen molar-refractivity contribution in [2.45, 2.75) is 27.4 Å². The van der Waals surface area contributed by atoms with Crippen LogP contribution < -0.4 is 15.0 Å². The summed E-state index contributed by atoms with van der Waals surface area (Å²) < 4.78 is 5.80. The monoisotopic (exact) mass is 477 g/mol. The molecule has 0 spiro atoms. The van der Waals surface area contributed by atoms with Crippen molar-refractivity contribution < 1.29 is 15.8 Å². The summed E-state index contributed by atoms with van der Waals surface area (Å²) in [6.45, 7) is 8.85. The highest BCUT2D eigenvalue weighted by molar-refractivity contribution is 5.96. The fourth-order valence-electron chi connectivity index (χ4n) is 3.62. The van der Waals surface area contributed by atoms with Crippen molar-refractivity contribution in [3.8, 4) is 5.75 Å². The number of amides is 2. The molecule has 3 heterocycles. The number of ether oxygens (including phenoxy) is 1. The summed E-state index contributed by atoms with van der Waals surface area (Å²) in [7, 11) is 0. The molecule has 1 aromatic carbocycles. The average Bonchev–Trinajstić information content (AvgIpc) is 2.92. The molecule has 3 aromatic rings. The Balaban J connectivity index is 0.00000148. The van der Waals surface area contributed by atoms with E-state index in [0.29, 0.717) is 38.3 Å². The summed E-state index contributed by atoms with van der Waals surface area (Å²) in [4.78, 5) is 37.2. The van der Waals surface area contributed by atoms with Gasteiger partial charge in [-0.15, -0.1) is 0 Å². The maximum Gasteiger partial charge on any atom is 0.253 e. The van der Waals surface area contributed by atoms with Crippen molar-refractivity contribution in [3.05, 3.63) is 83.8 Å². The first-order valence-electron chi connectivity index (χ1n) is 11.9. The lowest BCUT2D eigenvalue weighted by atomic mass is 10.2. The summed E-state index contributed by atoms with van der Waals surface area (Å²) in [6, 6.07) is 15.6. The van der Waals surface area contributed by atoms with Crippen molar-refractivity contribution >= 4 is 17.6 Å². The van der Waals surface area contributed by atoms with Crippen LogP contribution in [0.25, 0.3) is 0 Å². The van der Waals surface area contributed by atoms with Crippen molar-refractivity contribution in [2.75, 3.05) is 37.6 Å². The molecule has 1 aliphatic heterocycles. The van der Waals surface area contributed by atoms with Crippen molar-refractivity contribution in [1.82, 2.24) is 20.2 Å². The van der Waals surface area contributed by atoms with Crippen LogP contribution in [0.3, 0.4) is 0 Å². The standard InChI is InChI=1S/C25H27N5O3.C2H6.H2/c1-19-13-21(15-26-14-19)25(32)28-17-24(31)30-11-9-29(10-12-30)23-8-7-22(16-27-23)33-18-20-5-3-2-4-6-20;1-2;/h2-8,13-16H,9-12,17-18H2,1H3,(H,28,32);1-2H3;1H. The first-order valence-corrected chi connectivity index (χ1v) is 11.9. The number of hydrogen-bond donors (Lipinski definition) is 1. The van der Waals surface area contributed by atoms with E-state index in [1.807, 2.05) is 63.2 Å². The van der Waals surface area contributed by atoms with Crippen molar-refractivity contribution in [1.29, 1.82) is 0 Å². The zero-order valence-corrected chi connectivity index (χ0v) is 20.6. The molecule has 4 rings (SSSR count). The molecule has 2 aromatic heterocycles. The van der Waals surface area contributed by atoms with Gasteiger partial charge in [0.15, 0.2) is 0 Å². The minimum Gasteiger partial charge on any atom is -0.487 e. The SMILES string of the molecule is CC.Cc1cncc(C(=O)NCC(=O)N2CCN(c3ccc(OCc4ccccc4)cn3)CC2)c1.[HH]. The molecule has 2 amide bonds. The lowest BCUT2D eigenvalue weighted by molar-refractivity contribution is -0.130. The van der Waals surface area contributed by atoms with Crippen LogP contribution in [0.4, 0.5) is 5.82 Å². The second-order valence-corrected chi connectivity index (χ2v) is 7.93. The highest BCUT2D eigenvalue weighted by Crippen LogP contribution is 2.18. The third-order valence-electron chi connectivity index (χ3n) is 5.46. The molecular weight excluding hydrogens is 442 g/mol. The Bertz CT molecular complexity index is 1090. The number of aromatic nitrogens is 2. The summed E-state index contributed by atoms with van der Waals surface area (Å²) >= 11 is 0. The summed E-state index contributed by atoms with van der Waals surface area (Å²) in [5.74, 6) is 1.18. The normalized spacial score (nSPS) is 12.9. The van der Waals surface area contributed by atoms with Crippen molar-refractivity contribution in [3.63, 3.8) is 0 Å². The smallest absolute Gasteiger partial charge is 0.253 e. The van der Waals surface area contributed by atoms with E-state index < -0.39 is 0 Å². The van der Waals surface area contributed by atoms with Crippen LogP contribution in [0.1, 0.15) is 36.8 Å². The molecule has 0 aliphatic carbocycles. The molecule has 186 valence electrons. The van der Waals surface area contributed by atoms with Gasteiger partial charge in [-0.2, -0.15) is 0 Å². The second kappa shape index (κ2) is 13.1. The van der Waals surface area contributed by atoms with Crippen LogP contribution in [0, 0.1) is 6.92 Å². The van der Waals surface area contributed by atoms with E-state index in [9.17, 15) is 9.59 Å². The molecule has 1 fully saturated rings. The fourth-order valence-corrected chi connectivity index (χ4v) is 3.62. The summed E-state index contributed by atoms with van der Waals surface area (Å²) in [6.07, 6.45) is 4.91. The van der Waals surface area contributed by atoms with E-state index in [1.165, 1.54) is 6.20 Å². The number of pyridine rings is 2. The van der Waals surface area contributed by atoms with Gasteiger partial charge in [0.25, 0.3) is 5.91 Å². The van der Waals surface area contributed by atoms with E-state index in [2.05, 4.69) is 20.2 Å². The zero-order valence-electron chi connectivity index (χ0n) is 20.6. The maximum absolute atomic E-state index is 12.5. The van der Waals surface area contributed by atoms with E-state index in [1.54, 1.807) is 23.4 Å². The van der Waals surface area contributed by atoms with Gasteiger partial charge in [-0.05, 0) is 36.2 Å². The van der Waals surface area contributed by atoms with Crippen LogP contribution in [-0.4, -0.2) is 59.4 Å². The average molecular weight is 478 g/mol. The molecule has 0 saturated carbocycles. The lowest BCUT2D eigenvalue weighted by Gasteiger charge is -2.35. The Labute approximate surface area is 208 Å². The van der Waals surface area contributed by atoms with Crippen LogP contribution in [0.2, 0.25) is 0 Å². The highest BCUT2D eigenvalue weighted by atomic mass is 16.5. The Morgan fingerprint density at radius 2 is 1.74 bits per heavy atom. The van der Waals surface area contributed by atoms with Gasteiger partial charge in [-0.3, -0.25) is 14.6 Å². The molecule has 8 nitrogen and oxygen atoms in total. The number of anilines is 1.